The largest absolute Gasteiger partial charge is 0.337 e. The Morgan fingerprint density at radius 1 is 1.12 bits per heavy atom. The summed E-state index contributed by atoms with van der Waals surface area (Å²) in [6, 6.07) is 9.94. The highest BCUT2D eigenvalue weighted by atomic mass is 19.1. The summed E-state index contributed by atoms with van der Waals surface area (Å²) in [6.07, 6.45) is 6.23. The molecule has 2 aliphatic rings. The fourth-order valence-electron chi connectivity index (χ4n) is 4.08. The number of aromatic nitrogens is 1. The molecule has 2 bridgehead atoms. The predicted molar refractivity (Wildman–Crippen MR) is 94.7 cm³/mol. The third-order valence-electron chi connectivity index (χ3n) is 5.65. The quantitative estimate of drug-likeness (QED) is 0.843. The fourth-order valence-corrected chi connectivity index (χ4v) is 4.08. The van der Waals surface area contributed by atoms with Gasteiger partial charge in [0.25, 0.3) is 5.91 Å². The number of likely N-dealkylation sites (N-methyl/N-ethyl adjacent to an activating group) is 1. The minimum atomic E-state index is -0.354. The Hall–Kier alpha value is -2.27. The topological polar surface area (TPSA) is 36.4 Å². The van der Waals surface area contributed by atoms with Gasteiger partial charge in [0.15, 0.2) is 0 Å². The monoisotopic (exact) mass is 339 g/mol. The van der Waals surface area contributed by atoms with Gasteiger partial charge in [-0.25, -0.2) is 4.39 Å². The molecule has 2 aromatic rings. The third kappa shape index (κ3) is 3.04. The minimum absolute atomic E-state index is 0.0719. The van der Waals surface area contributed by atoms with Crippen LogP contribution in [0.15, 0.2) is 42.7 Å². The Kier molecular flexibility index (Phi) is 4.25. The normalized spacial score (nSPS) is 23.5. The summed E-state index contributed by atoms with van der Waals surface area (Å²) in [5, 5.41) is 0. The molecule has 4 nitrogen and oxygen atoms in total. The zero-order valence-electron chi connectivity index (χ0n) is 14.4. The summed E-state index contributed by atoms with van der Waals surface area (Å²) < 4.78 is 13.9. The van der Waals surface area contributed by atoms with E-state index in [2.05, 4.69) is 16.9 Å². The lowest BCUT2D eigenvalue weighted by Gasteiger charge is -2.26. The molecule has 1 aromatic heterocycles. The van der Waals surface area contributed by atoms with Crippen LogP contribution < -0.4 is 0 Å². The predicted octanol–water partition coefficient (Wildman–Crippen LogP) is 3.20. The number of likely N-dealkylation sites (tertiary alicyclic amines) is 1. The summed E-state index contributed by atoms with van der Waals surface area (Å²) >= 11 is 0. The molecule has 2 saturated heterocycles. The van der Waals surface area contributed by atoms with Gasteiger partial charge < -0.3 is 4.90 Å². The lowest BCUT2D eigenvalue weighted by molar-refractivity contribution is 0.0740. The molecule has 0 aliphatic carbocycles. The molecular weight excluding hydrogens is 317 g/mol. The first-order valence-electron chi connectivity index (χ1n) is 8.84. The number of carbonyl (C=O) groups excluding carboxylic acids is 1. The number of hydrogen-bond acceptors (Lipinski definition) is 3. The maximum atomic E-state index is 13.9. The number of nitrogens with zero attached hydrogens (tertiary/aromatic N) is 3. The van der Waals surface area contributed by atoms with Crippen molar-refractivity contribution in [2.45, 2.75) is 31.3 Å². The van der Waals surface area contributed by atoms with Crippen LogP contribution >= 0.6 is 0 Å². The van der Waals surface area contributed by atoms with E-state index in [0.717, 1.165) is 25.1 Å². The van der Waals surface area contributed by atoms with Gasteiger partial charge in [-0.2, -0.15) is 0 Å². The van der Waals surface area contributed by atoms with Gasteiger partial charge in [0.05, 0.1) is 6.20 Å². The fraction of sp³-hybridized carbons (Fsp3) is 0.400. The van der Waals surface area contributed by atoms with Crippen molar-refractivity contribution < 1.29 is 9.18 Å². The smallest absolute Gasteiger partial charge is 0.253 e. The SMILES string of the molecule is CN1[C@H]2CC[C@@H]1CN(C(=O)c1ccc(-c3ccncc3F)cc1)CC2. The number of rotatable bonds is 2. The molecule has 5 heteroatoms. The van der Waals surface area contributed by atoms with Crippen LogP contribution in [-0.2, 0) is 0 Å². The molecule has 2 aliphatic heterocycles. The zero-order valence-corrected chi connectivity index (χ0v) is 14.4. The van der Waals surface area contributed by atoms with Crippen molar-refractivity contribution in [1.82, 2.24) is 14.8 Å². The first kappa shape index (κ1) is 16.2. The third-order valence-corrected chi connectivity index (χ3v) is 5.65. The molecule has 0 unspecified atom stereocenters. The maximum Gasteiger partial charge on any atom is 0.253 e. The van der Waals surface area contributed by atoms with Gasteiger partial charge in [0, 0.05) is 42.5 Å². The second-order valence-electron chi connectivity index (χ2n) is 7.02. The molecule has 0 spiro atoms. The van der Waals surface area contributed by atoms with Crippen molar-refractivity contribution in [1.29, 1.82) is 0 Å². The molecule has 2 fully saturated rings. The second kappa shape index (κ2) is 6.56. The van der Waals surface area contributed by atoms with Crippen LogP contribution in [0.3, 0.4) is 0 Å². The summed E-state index contributed by atoms with van der Waals surface area (Å²) in [5.74, 6) is -0.282. The molecule has 4 rings (SSSR count). The Labute approximate surface area is 147 Å². The van der Waals surface area contributed by atoms with Gasteiger partial charge in [-0.15, -0.1) is 0 Å². The van der Waals surface area contributed by atoms with Crippen LogP contribution in [0.4, 0.5) is 4.39 Å². The zero-order chi connectivity index (χ0) is 17.4. The standard InChI is InChI=1S/C20H22FN3O/c1-23-16-6-7-17(23)13-24(11-9-16)20(25)15-4-2-14(3-5-15)18-8-10-22-12-19(18)21/h2-5,8,10,12,16-17H,6-7,9,11,13H2,1H3/t16-,17+/m0/s1. The number of pyridine rings is 1. The number of hydrogen-bond donors (Lipinski definition) is 0. The lowest BCUT2D eigenvalue weighted by Crippen LogP contribution is -2.39. The Morgan fingerprint density at radius 2 is 1.88 bits per heavy atom. The molecule has 1 amide bonds. The molecule has 130 valence electrons. The summed E-state index contributed by atoms with van der Waals surface area (Å²) in [7, 11) is 2.17. The van der Waals surface area contributed by atoms with E-state index in [4.69, 9.17) is 0 Å². The molecule has 0 radical (unpaired) electrons. The Morgan fingerprint density at radius 3 is 2.64 bits per heavy atom. The van der Waals surface area contributed by atoms with Crippen LogP contribution in [0.1, 0.15) is 29.6 Å². The number of halogens is 1. The van der Waals surface area contributed by atoms with Gasteiger partial charge >= 0.3 is 0 Å². The van der Waals surface area contributed by atoms with Gasteiger partial charge in [-0.3, -0.25) is 14.7 Å². The van der Waals surface area contributed by atoms with Gasteiger partial charge in [0.1, 0.15) is 5.82 Å². The van der Waals surface area contributed by atoms with Crippen molar-refractivity contribution in [3.05, 3.63) is 54.1 Å². The Bertz CT molecular complexity index is 777. The number of benzene rings is 1. The molecule has 2 atom stereocenters. The van der Waals surface area contributed by atoms with E-state index < -0.39 is 0 Å². The highest BCUT2D eigenvalue weighted by Gasteiger charge is 2.36. The highest BCUT2D eigenvalue weighted by molar-refractivity contribution is 5.94. The molecule has 0 saturated carbocycles. The van der Waals surface area contributed by atoms with E-state index in [0.29, 0.717) is 23.2 Å². The van der Waals surface area contributed by atoms with Crippen LogP contribution in [0.2, 0.25) is 0 Å². The van der Waals surface area contributed by atoms with E-state index in [1.807, 2.05) is 17.0 Å². The summed E-state index contributed by atoms with van der Waals surface area (Å²) in [6.45, 7) is 1.61. The van der Waals surface area contributed by atoms with Crippen molar-refractivity contribution in [2.24, 2.45) is 0 Å². The van der Waals surface area contributed by atoms with E-state index in [9.17, 15) is 9.18 Å². The second-order valence-corrected chi connectivity index (χ2v) is 7.02. The summed E-state index contributed by atoms with van der Waals surface area (Å²) in [4.78, 5) is 21.1. The first-order valence-corrected chi connectivity index (χ1v) is 8.84. The van der Waals surface area contributed by atoms with Crippen LogP contribution in [-0.4, -0.2) is 52.9 Å². The summed E-state index contributed by atoms with van der Waals surface area (Å²) in [5.41, 5.74) is 1.92. The highest BCUT2D eigenvalue weighted by Crippen LogP contribution is 2.29. The number of carbonyl (C=O) groups is 1. The molecule has 25 heavy (non-hydrogen) atoms. The molecule has 0 N–H and O–H groups in total. The van der Waals surface area contributed by atoms with Gasteiger partial charge in [-0.05, 0) is 50.1 Å². The van der Waals surface area contributed by atoms with E-state index in [1.165, 1.54) is 19.0 Å². The van der Waals surface area contributed by atoms with Crippen LogP contribution in [0.25, 0.3) is 11.1 Å². The van der Waals surface area contributed by atoms with Crippen molar-refractivity contribution in [2.75, 3.05) is 20.1 Å². The average molecular weight is 339 g/mol. The van der Waals surface area contributed by atoms with Crippen molar-refractivity contribution in [3.63, 3.8) is 0 Å². The minimum Gasteiger partial charge on any atom is -0.337 e. The van der Waals surface area contributed by atoms with Gasteiger partial charge in [0.2, 0.25) is 0 Å². The number of fused-ring (bicyclic) bond motifs is 2. The number of amides is 1. The van der Waals surface area contributed by atoms with Crippen LogP contribution in [0.5, 0.6) is 0 Å². The maximum absolute atomic E-state index is 13.9. The molecule has 1 aromatic carbocycles. The van der Waals surface area contributed by atoms with Crippen LogP contribution in [0, 0.1) is 5.82 Å². The molecular formula is C20H22FN3O. The van der Waals surface area contributed by atoms with Crippen molar-refractivity contribution in [3.8, 4) is 11.1 Å². The first-order chi connectivity index (χ1) is 12.1. The van der Waals surface area contributed by atoms with Gasteiger partial charge in [-0.1, -0.05) is 12.1 Å². The van der Waals surface area contributed by atoms with E-state index in [1.54, 1.807) is 24.4 Å². The van der Waals surface area contributed by atoms with E-state index in [-0.39, 0.29) is 11.7 Å². The average Bonchev–Trinajstić information content (AvgIpc) is 2.87. The Balaban J connectivity index is 1.52. The molecule has 3 heterocycles. The van der Waals surface area contributed by atoms with Crippen molar-refractivity contribution >= 4 is 5.91 Å². The van der Waals surface area contributed by atoms with E-state index >= 15 is 0 Å². The lowest BCUT2D eigenvalue weighted by atomic mass is 10.0.